The number of nitrogens with two attached hydrogens (primary N) is 1. The van der Waals surface area contributed by atoms with Gasteiger partial charge in [-0.1, -0.05) is 51.1 Å². The Morgan fingerprint density at radius 3 is 2.58 bits per heavy atom. The van der Waals surface area contributed by atoms with Crippen molar-refractivity contribution in [2.45, 2.75) is 39.5 Å². The number of allylic oxidation sites excluding steroid dienone is 3. The largest absolute Gasteiger partial charge is 0.444 e. The molecule has 1 heterocycles. The Balaban J connectivity index is 2.12. The lowest BCUT2D eigenvalue weighted by molar-refractivity contribution is -0.119. The second kappa shape index (κ2) is 5.83. The molecule has 0 amide bonds. The summed E-state index contributed by atoms with van der Waals surface area (Å²) in [6, 6.07) is 12.1. The van der Waals surface area contributed by atoms with Crippen LogP contribution in [0.15, 0.2) is 53.1 Å². The van der Waals surface area contributed by atoms with Gasteiger partial charge in [0.25, 0.3) is 0 Å². The minimum Gasteiger partial charge on any atom is -0.444 e. The molecule has 4 nitrogen and oxygen atoms in total. The molecule has 24 heavy (non-hydrogen) atoms. The van der Waals surface area contributed by atoms with Gasteiger partial charge in [-0.3, -0.25) is 4.79 Å². The quantitative estimate of drug-likeness (QED) is 0.899. The van der Waals surface area contributed by atoms with Gasteiger partial charge in [0.2, 0.25) is 5.88 Å². The molecule has 1 aromatic carbocycles. The van der Waals surface area contributed by atoms with E-state index in [2.05, 4.69) is 6.07 Å². The minimum absolute atomic E-state index is 0.0292. The monoisotopic (exact) mass is 322 g/mol. The third-order valence-electron chi connectivity index (χ3n) is 4.95. The van der Waals surface area contributed by atoms with Crippen LogP contribution in [-0.4, -0.2) is 5.78 Å². The molecule has 124 valence electrons. The van der Waals surface area contributed by atoms with Gasteiger partial charge in [0.1, 0.15) is 11.8 Å². The maximum Gasteiger partial charge on any atom is 0.204 e. The molecular formula is C20H22N2O2. The molecule has 0 bridgehead atoms. The lowest BCUT2D eigenvalue weighted by atomic mass is 9.68. The van der Waals surface area contributed by atoms with Crippen molar-refractivity contribution in [1.82, 2.24) is 0 Å². The number of nitriles is 1. The first-order chi connectivity index (χ1) is 11.3. The van der Waals surface area contributed by atoms with Crippen molar-refractivity contribution in [3.63, 3.8) is 0 Å². The topological polar surface area (TPSA) is 76.1 Å². The van der Waals surface area contributed by atoms with Gasteiger partial charge in [-0.15, -0.1) is 0 Å². The molecule has 0 fully saturated rings. The summed E-state index contributed by atoms with van der Waals surface area (Å²) in [5.41, 5.74) is 7.95. The molecule has 2 N–H and O–H groups in total. The number of benzene rings is 1. The van der Waals surface area contributed by atoms with Gasteiger partial charge >= 0.3 is 0 Å². The van der Waals surface area contributed by atoms with E-state index in [9.17, 15) is 10.1 Å². The third kappa shape index (κ3) is 2.71. The molecule has 0 spiro atoms. The second-order valence-electron chi connectivity index (χ2n) is 7.45. The molecule has 1 aliphatic carbocycles. The molecule has 2 atom stereocenters. The van der Waals surface area contributed by atoms with Gasteiger partial charge in [-0.05, 0) is 16.9 Å². The molecule has 0 saturated carbocycles. The summed E-state index contributed by atoms with van der Waals surface area (Å²) < 4.78 is 5.71. The van der Waals surface area contributed by atoms with Crippen LogP contribution in [0.5, 0.6) is 0 Å². The predicted molar refractivity (Wildman–Crippen MR) is 91.3 cm³/mol. The third-order valence-corrected chi connectivity index (χ3v) is 4.95. The van der Waals surface area contributed by atoms with Crippen molar-refractivity contribution in [1.29, 1.82) is 5.26 Å². The molecule has 3 rings (SSSR count). The van der Waals surface area contributed by atoms with Gasteiger partial charge in [-0.2, -0.15) is 5.26 Å². The first-order valence-electron chi connectivity index (χ1n) is 8.23. The van der Waals surface area contributed by atoms with Crippen LogP contribution < -0.4 is 5.73 Å². The molecule has 4 heteroatoms. The number of Topliss-reactive ketones (excluding diaryl/α,β-unsaturated/α-hetero) is 1. The fraction of sp³-hybridized carbons (Fsp3) is 0.400. The number of nitrogens with zero attached hydrogens (tertiary/aromatic N) is 1. The highest BCUT2D eigenvalue weighted by molar-refractivity contribution is 5.99. The van der Waals surface area contributed by atoms with Crippen LogP contribution >= 0.6 is 0 Å². The van der Waals surface area contributed by atoms with Gasteiger partial charge in [0.05, 0.1) is 5.57 Å². The number of carbonyl (C=O) groups excluding carboxylic acids is 1. The van der Waals surface area contributed by atoms with E-state index in [4.69, 9.17) is 10.5 Å². The maximum absolute atomic E-state index is 12.8. The Kier molecular flexibility index (Phi) is 3.96. The van der Waals surface area contributed by atoms with Crippen molar-refractivity contribution in [2.24, 2.45) is 17.1 Å². The number of hydrogen-bond acceptors (Lipinski definition) is 4. The molecule has 0 aromatic heterocycles. The lowest BCUT2D eigenvalue weighted by Gasteiger charge is -2.39. The van der Waals surface area contributed by atoms with Crippen LogP contribution in [0.2, 0.25) is 0 Å². The van der Waals surface area contributed by atoms with Crippen LogP contribution in [0.25, 0.3) is 0 Å². The zero-order valence-corrected chi connectivity index (χ0v) is 14.3. The average Bonchev–Trinajstić information content (AvgIpc) is 2.52. The number of ketones is 1. The van der Waals surface area contributed by atoms with Crippen molar-refractivity contribution < 1.29 is 9.53 Å². The van der Waals surface area contributed by atoms with E-state index < -0.39 is 0 Å². The van der Waals surface area contributed by atoms with Crippen molar-refractivity contribution in [3.05, 3.63) is 58.7 Å². The average molecular weight is 322 g/mol. The fourth-order valence-corrected chi connectivity index (χ4v) is 3.77. The van der Waals surface area contributed by atoms with Crippen LogP contribution in [0.1, 0.15) is 45.1 Å². The minimum atomic E-state index is -0.343. The summed E-state index contributed by atoms with van der Waals surface area (Å²) >= 11 is 0. The summed E-state index contributed by atoms with van der Waals surface area (Å²) in [4.78, 5) is 12.8. The van der Waals surface area contributed by atoms with E-state index in [0.717, 1.165) is 5.56 Å². The SMILES string of the molecule is C[C@H](c1ccccc1)[C@H]1C(C#N)=C(N)OC2=C1C(=O)CC(C)(C)C2. The molecule has 0 saturated heterocycles. The summed E-state index contributed by atoms with van der Waals surface area (Å²) in [7, 11) is 0. The van der Waals surface area contributed by atoms with Crippen LogP contribution in [0.4, 0.5) is 0 Å². The van der Waals surface area contributed by atoms with E-state index >= 15 is 0 Å². The molecule has 1 aromatic rings. The maximum atomic E-state index is 12.8. The van der Waals surface area contributed by atoms with E-state index in [1.165, 1.54) is 0 Å². The normalized spacial score (nSPS) is 24.1. The van der Waals surface area contributed by atoms with E-state index in [1.807, 2.05) is 51.1 Å². The van der Waals surface area contributed by atoms with E-state index in [1.54, 1.807) is 0 Å². The summed E-state index contributed by atoms with van der Waals surface area (Å²) in [5, 5.41) is 9.61. The second-order valence-corrected chi connectivity index (χ2v) is 7.45. The molecule has 2 aliphatic rings. The highest BCUT2D eigenvalue weighted by Crippen LogP contribution is 2.48. The zero-order valence-electron chi connectivity index (χ0n) is 14.3. The number of hydrogen-bond donors (Lipinski definition) is 1. The lowest BCUT2D eigenvalue weighted by Crippen LogP contribution is -2.36. The summed E-state index contributed by atoms with van der Waals surface area (Å²) in [6.45, 7) is 6.13. The summed E-state index contributed by atoms with van der Waals surface area (Å²) in [6.07, 6.45) is 1.12. The number of rotatable bonds is 2. The standard InChI is InChI=1S/C20H22N2O2/c1-12(13-7-5-4-6-8-13)17-14(11-21)19(22)24-16-10-20(2,3)9-15(23)18(16)17/h4-8,12,17H,9-10,22H2,1-3H3/t12-,17+/m1/s1. The molecule has 0 unspecified atom stereocenters. The molecule has 0 radical (unpaired) electrons. The number of ether oxygens (including phenoxy) is 1. The highest BCUT2D eigenvalue weighted by atomic mass is 16.5. The zero-order chi connectivity index (χ0) is 17.5. The molecular weight excluding hydrogens is 300 g/mol. The molecule has 1 aliphatic heterocycles. The Morgan fingerprint density at radius 2 is 1.96 bits per heavy atom. The van der Waals surface area contributed by atoms with Gasteiger partial charge < -0.3 is 10.5 Å². The van der Waals surface area contributed by atoms with Crippen molar-refractivity contribution in [2.75, 3.05) is 0 Å². The Labute approximate surface area is 142 Å². The van der Waals surface area contributed by atoms with E-state index in [-0.39, 0.29) is 28.9 Å². The van der Waals surface area contributed by atoms with Gasteiger partial charge in [0.15, 0.2) is 5.78 Å². The Bertz CT molecular complexity index is 782. The van der Waals surface area contributed by atoms with Gasteiger partial charge in [-0.25, -0.2) is 0 Å². The van der Waals surface area contributed by atoms with Crippen LogP contribution in [0, 0.1) is 22.7 Å². The number of carbonyl (C=O) groups is 1. The Morgan fingerprint density at radius 1 is 1.29 bits per heavy atom. The van der Waals surface area contributed by atoms with Crippen molar-refractivity contribution >= 4 is 5.78 Å². The predicted octanol–water partition coefficient (Wildman–Crippen LogP) is 3.77. The first-order valence-corrected chi connectivity index (χ1v) is 8.23. The van der Waals surface area contributed by atoms with Crippen LogP contribution in [0.3, 0.4) is 0 Å². The fourth-order valence-electron chi connectivity index (χ4n) is 3.77. The Hall–Kier alpha value is -2.54. The van der Waals surface area contributed by atoms with Crippen molar-refractivity contribution in [3.8, 4) is 6.07 Å². The summed E-state index contributed by atoms with van der Waals surface area (Å²) in [5.74, 6) is 0.465. The van der Waals surface area contributed by atoms with E-state index in [0.29, 0.717) is 29.7 Å². The van der Waals surface area contributed by atoms with Crippen LogP contribution in [-0.2, 0) is 9.53 Å². The smallest absolute Gasteiger partial charge is 0.204 e. The highest BCUT2D eigenvalue weighted by Gasteiger charge is 2.44. The first kappa shape index (κ1) is 16.3. The van der Waals surface area contributed by atoms with Gasteiger partial charge in [0, 0.05) is 24.3 Å².